The Morgan fingerprint density at radius 3 is 1.61 bits per heavy atom. The summed E-state index contributed by atoms with van der Waals surface area (Å²) in [6.45, 7) is -0.696. The predicted molar refractivity (Wildman–Crippen MR) is 293 cm³/mol. The third-order valence-electron chi connectivity index (χ3n) is 12.9. The molecule has 384 valence electrons. The molecule has 16 heteroatoms. The zero-order chi connectivity index (χ0) is 53.0. The van der Waals surface area contributed by atoms with Crippen LogP contribution in [0.5, 0.6) is 5.75 Å². The summed E-state index contributed by atoms with van der Waals surface area (Å²) >= 11 is 1.23. The maximum absolute atomic E-state index is 14.6. The molecule has 5 N–H and O–H groups in total. The van der Waals surface area contributed by atoms with Gasteiger partial charge in [-0.15, -0.1) is 11.3 Å². The predicted octanol–water partition coefficient (Wildman–Crippen LogP) is 9.09. The number of hydrogen-bond acceptors (Lipinski definition) is 12. The lowest BCUT2D eigenvalue weighted by molar-refractivity contribution is -0.135. The summed E-state index contributed by atoms with van der Waals surface area (Å²) in [5.74, 6) is -1.36. The number of carbonyl (C=O) groups excluding carboxylic acids is 3. The summed E-state index contributed by atoms with van der Waals surface area (Å²) in [5.41, 5.74) is 9.83. The van der Waals surface area contributed by atoms with E-state index in [1.807, 2.05) is 212 Å². The zero-order valence-electron chi connectivity index (χ0n) is 41.3. The van der Waals surface area contributed by atoms with Gasteiger partial charge in [0.2, 0.25) is 11.3 Å². The number of ether oxygens (including phenoxy) is 2. The van der Waals surface area contributed by atoms with Crippen molar-refractivity contribution in [1.29, 1.82) is 0 Å². The van der Waals surface area contributed by atoms with Crippen LogP contribution >= 0.6 is 11.3 Å². The van der Waals surface area contributed by atoms with Crippen molar-refractivity contribution in [1.82, 2.24) is 20.3 Å². The van der Waals surface area contributed by atoms with E-state index >= 15 is 0 Å². The summed E-state index contributed by atoms with van der Waals surface area (Å²) in [6, 6.07) is 67.7. The van der Waals surface area contributed by atoms with E-state index in [-0.39, 0.29) is 29.5 Å². The number of oxime groups is 1. The highest BCUT2D eigenvalue weighted by Gasteiger charge is 2.42. The van der Waals surface area contributed by atoms with Gasteiger partial charge in [0.1, 0.15) is 35.7 Å². The van der Waals surface area contributed by atoms with E-state index in [4.69, 9.17) is 29.9 Å². The number of pyridine rings is 1. The molecule has 2 unspecified atom stereocenters. The summed E-state index contributed by atoms with van der Waals surface area (Å²) in [5, 5.41) is 15.5. The molecule has 2 aromatic heterocycles. The lowest BCUT2D eigenvalue weighted by Crippen LogP contribution is -2.71. The number of nitrogens with one attached hydrogen (secondary N) is 3. The summed E-state index contributed by atoms with van der Waals surface area (Å²) < 4.78 is 13.0. The molecule has 10 rings (SSSR count). The van der Waals surface area contributed by atoms with Gasteiger partial charge in [-0.2, -0.15) is 4.73 Å². The largest absolute Gasteiger partial charge is 0.475 e. The van der Waals surface area contributed by atoms with Crippen molar-refractivity contribution in [2.24, 2.45) is 10.9 Å². The number of hydrogen-bond donors (Lipinski definition) is 4. The van der Waals surface area contributed by atoms with Crippen LogP contribution in [0.2, 0.25) is 0 Å². The average Bonchev–Trinajstić information content (AvgIpc) is 3.95. The van der Waals surface area contributed by atoms with Crippen LogP contribution in [-0.2, 0) is 31.3 Å². The first kappa shape index (κ1) is 50.7. The van der Waals surface area contributed by atoms with Gasteiger partial charge in [0.25, 0.3) is 5.91 Å². The lowest BCUT2D eigenvalue weighted by Gasteiger charge is -2.36. The third kappa shape index (κ3) is 11.6. The molecule has 9 aromatic rings. The smallest absolute Gasteiger partial charge is 0.404 e. The molecule has 1 saturated heterocycles. The van der Waals surface area contributed by atoms with Crippen molar-refractivity contribution >= 4 is 40.1 Å². The fourth-order valence-corrected chi connectivity index (χ4v) is 9.85. The minimum Gasteiger partial charge on any atom is -0.475 e. The van der Waals surface area contributed by atoms with Gasteiger partial charge < -0.3 is 40.8 Å². The Bertz CT molecular complexity index is 3340. The van der Waals surface area contributed by atoms with Crippen molar-refractivity contribution in [2.45, 2.75) is 36.4 Å². The van der Waals surface area contributed by atoms with Crippen molar-refractivity contribution in [3.8, 4) is 5.75 Å². The number of β-lactam (4-membered cyclic amide) rings is 1. The molecule has 1 fully saturated rings. The molecule has 0 radical (unpaired) electrons. The van der Waals surface area contributed by atoms with Crippen LogP contribution in [0.15, 0.2) is 240 Å². The van der Waals surface area contributed by atoms with Crippen LogP contribution in [0, 0.1) is 0 Å². The van der Waals surface area contributed by atoms with Gasteiger partial charge in [-0.1, -0.05) is 217 Å². The third-order valence-corrected chi connectivity index (χ3v) is 13.6. The molecule has 7 aromatic carbocycles. The van der Waals surface area contributed by atoms with Gasteiger partial charge >= 0.3 is 6.09 Å². The Kier molecular flexibility index (Phi) is 15.5. The molecule has 1 aliphatic heterocycles. The number of rotatable bonds is 21. The number of carbonyl (C=O) groups is 3. The van der Waals surface area contributed by atoms with Crippen molar-refractivity contribution < 1.29 is 33.5 Å². The zero-order valence-corrected chi connectivity index (χ0v) is 42.1. The van der Waals surface area contributed by atoms with E-state index in [1.54, 1.807) is 5.38 Å². The van der Waals surface area contributed by atoms with Crippen LogP contribution in [0.1, 0.15) is 62.5 Å². The number of amides is 3. The quantitative estimate of drug-likeness (QED) is 0.0233. The SMILES string of the molecule is NC(=O)OCC1NC(=O)C1NC(=O)/C(=N\OCc1cc(=O)c(OC(c2ccccc2)c2ccccc2)cn1OC(c1ccccc1)c1ccccc1)c1csc(NC(c2ccccc2)(c2ccccc2)c2ccccc2)n1. The van der Waals surface area contributed by atoms with E-state index in [0.717, 1.165) is 38.9 Å². The number of nitrogens with two attached hydrogens (primary N) is 1. The fraction of sp³-hybridized carbons (Fsp3) is 0.115. The monoisotopic (exact) mass is 1040 g/mol. The first-order valence-electron chi connectivity index (χ1n) is 24.7. The lowest BCUT2D eigenvalue weighted by atomic mass is 9.77. The molecule has 0 spiro atoms. The molecule has 2 atom stereocenters. The second-order valence-electron chi connectivity index (χ2n) is 17.9. The summed E-state index contributed by atoms with van der Waals surface area (Å²) in [4.78, 5) is 71.2. The fourth-order valence-electron chi connectivity index (χ4n) is 9.10. The van der Waals surface area contributed by atoms with E-state index < -0.39 is 59.8 Å². The number of thiazole rings is 1. The molecule has 3 amide bonds. The Hall–Kier alpha value is -9.80. The van der Waals surface area contributed by atoms with Gasteiger partial charge in [0, 0.05) is 11.4 Å². The minimum absolute atomic E-state index is 0.0105. The van der Waals surface area contributed by atoms with Gasteiger partial charge in [0.05, 0.1) is 12.2 Å². The first-order chi connectivity index (χ1) is 37.7. The maximum atomic E-state index is 14.6. The number of anilines is 1. The maximum Gasteiger partial charge on any atom is 0.404 e. The highest BCUT2D eigenvalue weighted by Crippen LogP contribution is 2.41. The average molecular weight is 1040 g/mol. The van der Waals surface area contributed by atoms with Gasteiger partial charge in [-0.05, 0) is 38.9 Å². The Balaban J connectivity index is 1.03. The van der Waals surface area contributed by atoms with Gasteiger partial charge in [0.15, 0.2) is 29.3 Å². The number of aromatic nitrogens is 2. The van der Waals surface area contributed by atoms with Crippen LogP contribution in [0.3, 0.4) is 0 Å². The second kappa shape index (κ2) is 23.6. The second-order valence-corrected chi connectivity index (χ2v) is 18.7. The Morgan fingerprint density at radius 1 is 0.675 bits per heavy atom. The normalized spacial score (nSPS) is 14.2. The topological polar surface area (TPSA) is 197 Å². The van der Waals surface area contributed by atoms with Crippen molar-refractivity contribution in [3.63, 3.8) is 0 Å². The highest BCUT2D eigenvalue weighted by molar-refractivity contribution is 7.14. The summed E-state index contributed by atoms with van der Waals surface area (Å²) in [7, 11) is 0. The molecule has 0 saturated carbocycles. The summed E-state index contributed by atoms with van der Waals surface area (Å²) in [6.07, 6.45) is -0.914. The van der Waals surface area contributed by atoms with Crippen LogP contribution in [-0.4, -0.2) is 52.0 Å². The molecule has 3 heterocycles. The van der Waals surface area contributed by atoms with Crippen molar-refractivity contribution in [3.05, 3.63) is 291 Å². The van der Waals surface area contributed by atoms with Crippen LogP contribution in [0.25, 0.3) is 0 Å². The first-order valence-corrected chi connectivity index (χ1v) is 25.5. The highest BCUT2D eigenvalue weighted by atomic mass is 32.1. The van der Waals surface area contributed by atoms with E-state index in [9.17, 15) is 19.2 Å². The molecule has 15 nitrogen and oxygen atoms in total. The van der Waals surface area contributed by atoms with E-state index in [1.165, 1.54) is 28.3 Å². The molecule has 0 aliphatic carbocycles. The molecule has 0 bridgehead atoms. The molecule has 77 heavy (non-hydrogen) atoms. The number of primary amides is 1. The molecular weight excluding hydrogens is 991 g/mol. The Labute approximate surface area is 447 Å². The number of nitrogens with zero attached hydrogens (tertiary/aromatic N) is 3. The number of benzene rings is 7. The molecular formula is C61H51N7O8S. The van der Waals surface area contributed by atoms with Gasteiger partial charge in [-0.25, -0.2) is 9.78 Å². The van der Waals surface area contributed by atoms with Crippen LogP contribution < -0.4 is 36.7 Å². The van der Waals surface area contributed by atoms with Crippen LogP contribution in [0.4, 0.5) is 9.93 Å². The Morgan fingerprint density at radius 2 is 1.14 bits per heavy atom. The van der Waals surface area contributed by atoms with Gasteiger partial charge in [-0.3, -0.25) is 14.4 Å². The standard InChI is InChI=1S/C61H51N7O8S/c62-59(72)73-39-49-53(57(70)63-49)65-58(71)54(50-40-77-60(64-50)66-61(45-30-16-5-17-31-45,46-32-18-6-19-33-46)47-34-20-7-21-35-47)67-74-38-48-36-51(69)52(75-55(41-22-8-1-9-23-41)42-24-10-2-11-25-42)37-68(48)76-56(43-26-12-3-13-27-43)44-28-14-4-15-29-44/h1-37,40,49,53,55-56H,38-39H2,(H2,62,72)(H,63,70)(H,64,66)(H,65,71)/b67-54-. The van der Waals surface area contributed by atoms with E-state index in [0.29, 0.717) is 5.13 Å². The molecule has 1 aliphatic rings. The minimum atomic E-state index is -1.13. The van der Waals surface area contributed by atoms with Crippen molar-refractivity contribution in [2.75, 3.05) is 11.9 Å². The van der Waals surface area contributed by atoms with E-state index in [2.05, 4.69) is 21.1 Å².